The Labute approximate surface area is 214 Å². The fourth-order valence-corrected chi connectivity index (χ4v) is 4.47. The van der Waals surface area contributed by atoms with Crippen molar-refractivity contribution in [2.75, 3.05) is 44.2 Å². The van der Waals surface area contributed by atoms with Crippen molar-refractivity contribution in [3.8, 4) is 16.9 Å². The first-order valence-corrected chi connectivity index (χ1v) is 13.0. The molecule has 0 radical (unpaired) electrons. The molecule has 1 aromatic heterocycles. The number of rotatable bonds is 10. The van der Waals surface area contributed by atoms with Gasteiger partial charge in [-0.15, -0.1) is 0 Å². The number of piperazine rings is 1. The van der Waals surface area contributed by atoms with Crippen molar-refractivity contribution < 1.29 is 14.3 Å². The second-order valence-corrected chi connectivity index (χ2v) is 9.45. The van der Waals surface area contributed by atoms with Gasteiger partial charge in [-0.25, -0.2) is 9.78 Å². The molecule has 1 aliphatic rings. The van der Waals surface area contributed by atoms with Crippen molar-refractivity contribution in [1.29, 1.82) is 0 Å². The summed E-state index contributed by atoms with van der Waals surface area (Å²) in [6.07, 6.45) is 3.62. The summed E-state index contributed by atoms with van der Waals surface area (Å²) in [5.74, 6) is 1.33. The van der Waals surface area contributed by atoms with E-state index in [0.717, 1.165) is 69.0 Å². The molecule has 36 heavy (non-hydrogen) atoms. The first kappa shape index (κ1) is 25.7. The summed E-state index contributed by atoms with van der Waals surface area (Å²) in [7, 11) is 0. The third-order valence-electron chi connectivity index (χ3n) is 6.35. The number of esters is 1. The van der Waals surface area contributed by atoms with Gasteiger partial charge in [-0.2, -0.15) is 0 Å². The Balaban J connectivity index is 1.42. The number of aromatic nitrogens is 1. The number of carbonyl (C=O) groups excluding carboxylic acids is 1. The van der Waals surface area contributed by atoms with Crippen LogP contribution in [0.3, 0.4) is 0 Å². The van der Waals surface area contributed by atoms with Gasteiger partial charge >= 0.3 is 5.97 Å². The van der Waals surface area contributed by atoms with Crippen LogP contribution in [-0.4, -0.2) is 61.3 Å². The molecule has 0 amide bonds. The number of nitrogens with zero attached hydrogens (tertiary/aromatic N) is 3. The van der Waals surface area contributed by atoms with E-state index in [1.165, 1.54) is 5.56 Å². The SMILES string of the molecule is CCCOc1ccc(CCN2CCN(c3nccc(-c4ccccc4)c3C(=O)OC(C)C)CC2)cc1. The van der Waals surface area contributed by atoms with Crippen LogP contribution in [0, 0.1) is 0 Å². The third-order valence-corrected chi connectivity index (χ3v) is 6.35. The van der Waals surface area contributed by atoms with Crippen LogP contribution in [0.5, 0.6) is 5.75 Å². The largest absolute Gasteiger partial charge is 0.494 e. The molecule has 0 spiro atoms. The quantitative estimate of drug-likeness (QED) is 0.354. The van der Waals surface area contributed by atoms with Crippen LogP contribution in [0.25, 0.3) is 11.1 Å². The number of hydrogen-bond donors (Lipinski definition) is 0. The lowest BCUT2D eigenvalue weighted by atomic mass is 10.00. The van der Waals surface area contributed by atoms with Gasteiger partial charge in [-0.3, -0.25) is 4.90 Å². The van der Waals surface area contributed by atoms with Crippen LogP contribution >= 0.6 is 0 Å². The predicted molar refractivity (Wildman–Crippen MR) is 145 cm³/mol. The van der Waals surface area contributed by atoms with Gasteiger partial charge in [0.05, 0.1) is 12.7 Å². The van der Waals surface area contributed by atoms with E-state index in [0.29, 0.717) is 11.4 Å². The van der Waals surface area contributed by atoms with E-state index < -0.39 is 0 Å². The molecule has 0 bridgehead atoms. The first-order chi connectivity index (χ1) is 17.5. The molecule has 6 heteroatoms. The molecule has 3 aromatic rings. The highest BCUT2D eigenvalue weighted by atomic mass is 16.5. The standard InChI is InChI=1S/C30H37N3O3/c1-4-22-35-26-12-10-24(11-13-26)15-17-32-18-20-33(21-19-32)29-28(30(34)36-23(2)3)27(14-16-31-29)25-8-6-5-7-9-25/h5-14,16,23H,4,15,17-22H2,1-3H3. The molecule has 6 nitrogen and oxygen atoms in total. The van der Waals surface area contributed by atoms with E-state index in [9.17, 15) is 4.79 Å². The van der Waals surface area contributed by atoms with Gasteiger partial charge in [0, 0.05) is 44.5 Å². The average Bonchev–Trinajstić information content (AvgIpc) is 2.91. The smallest absolute Gasteiger partial charge is 0.342 e. The van der Waals surface area contributed by atoms with Gasteiger partial charge in [0.1, 0.15) is 17.1 Å². The van der Waals surface area contributed by atoms with E-state index in [-0.39, 0.29) is 12.1 Å². The van der Waals surface area contributed by atoms with Crippen LogP contribution in [0.15, 0.2) is 66.9 Å². The van der Waals surface area contributed by atoms with Crippen molar-refractivity contribution in [1.82, 2.24) is 9.88 Å². The molecule has 0 unspecified atom stereocenters. The Hall–Kier alpha value is -3.38. The number of pyridine rings is 1. The Morgan fingerprint density at radius 3 is 2.36 bits per heavy atom. The zero-order valence-electron chi connectivity index (χ0n) is 21.7. The average molecular weight is 488 g/mol. The van der Waals surface area contributed by atoms with E-state index in [4.69, 9.17) is 9.47 Å². The molecule has 4 rings (SSSR count). The minimum Gasteiger partial charge on any atom is -0.494 e. The Morgan fingerprint density at radius 1 is 0.972 bits per heavy atom. The molecule has 0 N–H and O–H groups in total. The summed E-state index contributed by atoms with van der Waals surface area (Å²) in [4.78, 5) is 22.6. The van der Waals surface area contributed by atoms with Crippen LogP contribution in [0.4, 0.5) is 5.82 Å². The molecule has 1 fully saturated rings. The van der Waals surface area contributed by atoms with Gasteiger partial charge in [-0.1, -0.05) is 49.4 Å². The molecular weight excluding hydrogens is 450 g/mol. The van der Waals surface area contributed by atoms with E-state index >= 15 is 0 Å². The summed E-state index contributed by atoms with van der Waals surface area (Å²) in [6.45, 7) is 11.1. The summed E-state index contributed by atoms with van der Waals surface area (Å²) >= 11 is 0. The highest BCUT2D eigenvalue weighted by Crippen LogP contribution is 2.31. The molecule has 2 heterocycles. The van der Waals surface area contributed by atoms with Crippen molar-refractivity contribution in [2.45, 2.75) is 39.7 Å². The topological polar surface area (TPSA) is 54.9 Å². The van der Waals surface area contributed by atoms with Crippen LogP contribution < -0.4 is 9.64 Å². The lowest BCUT2D eigenvalue weighted by molar-refractivity contribution is 0.0379. The molecule has 1 saturated heterocycles. The van der Waals surface area contributed by atoms with Crippen molar-refractivity contribution in [3.63, 3.8) is 0 Å². The molecule has 190 valence electrons. The van der Waals surface area contributed by atoms with E-state index in [2.05, 4.69) is 46.0 Å². The normalized spacial score (nSPS) is 14.2. The second-order valence-electron chi connectivity index (χ2n) is 9.45. The van der Waals surface area contributed by atoms with E-state index in [1.54, 1.807) is 6.20 Å². The Morgan fingerprint density at radius 2 is 1.69 bits per heavy atom. The van der Waals surface area contributed by atoms with Crippen molar-refractivity contribution in [3.05, 3.63) is 78.0 Å². The number of hydrogen-bond acceptors (Lipinski definition) is 6. The van der Waals surface area contributed by atoms with Crippen molar-refractivity contribution in [2.24, 2.45) is 0 Å². The van der Waals surface area contributed by atoms with Gasteiger partial charge in [-0.05, 0) is 56.0 Å². The fraction of sp³-hybridized carbons (Fsp3) is 0.400. The summed E-state index contributed by atoms with van der Waals surface area (Å²) in [5.41, 5.74) is 3.72. The lowest BCUT2D eigenvalue weighted by Gasteiger charge is -2.36. The summed E-state index contributed by atoms with van der Waals surface area (Å²) in [6, 6.07) is 20.3. The zero-order chi connectivity index (χ0) is 25.3. The summed E-state index contributed by atoms with van der Waals surface area (Å²) in [5, 5.41) is 0. The van der Waals surface area contributed by atoms with Crippen molar-refractivity contribution >= 4 is 11.8 Å². The number of ether oxygens (including phenoxy) is 2. The van der Waals surface area contributed by atoms with Gasteiger partial charge in [0.25, 0.3) is 0 Å². The Bertz CT molecular complexity index is 1110. The maximum absolute atomic E-state index is 13.2. The maximum Gasteiger partial charge on any atom is 0.342 e. The number of benzene rings is 2. The first-order valence-electron chi connectivity index (χ1n) is 13.0. The van der Waals surface area contributed by atoms with E-state index in [1.807, 2.05) is 50.2 Å². The second kappa shape index (κ2) is 12.5. The molecule has 1 aliphatic heterocycles. The zero-order valence-corrected chi connectivity index (χ0v) is 21.7. The maximum atomic E-state index is 13.2. The lowest BCUT2D eigenvalue weighted by Crippen LogP contribution is -2.47. The highest BCUT2D eigenvalue weighted by molar-refractivity contribution is 6.02. The van der Waals surface area contributed by atoms with Gasteiger partial charge in [0.15, 0.2) is 0 Å². The molecular formula is C30H37N3O3. The number of anilines is 1. The van der Waals surface area contributed by atoms with Crippen LogP contribution in [-0.2, 0) is 11.2 Å². The van der Waals surface area contributed by atoms with Crippen LogP contribution in [0.1, 0.15) is 43.1 Å². The predicted octanol–water partition coefficient (Wildman–Crippen LogP) is 5.47. The molecule has 0 aliphatic carbocycles. The summed E-state index contributed by atoms with van der Waals surface area (Å²) < 4.78 is 11.3. The monoisotopic (exact) mass is 487 g/mol. The highest BCUT2D eigenvalue weighted by Gasteiger charge is 2.27. The molecule has 0 atom stereocenters. The van der Waals surface area contributed by atoms with Gasteiger partial charge in [0.2, 0.25) is 0 Å². The fourth-order valence-electron chi connectivity index (χ4n) is 4.47. The third kappa shape index (κ3) is 6.64. The van der Waals surface area contributed by atoms with Crippen LogP contribution in [0.2, 0.25) is 0 Å². The minimum absolute atomic E-state index is 0.196. The molecule has 2 aromatic carbocycles. The Kier molecular flexibility index (Phi) is 8.95. The van der Waals surface area contributed by atoms with Gasteiger partial charge < -0.3 is 14.4 Å². The molecule has 0 saturated carbocycles. The number of carbonyl (C=O) groups is 1. The minimum atomic E-state index is -0.319.